The molecule has 106 valence electrons. The fraction of sp³-hybridized carbons (Fsp3) is 0.250. The Morgan fingerprint density at radius 3 is 2.30 bits per heavy atom. The number of methoxy groups -OCH3 is 2. The van der Waals surface area contributed by atoms with Crippen LogP contribution in [0.3, 0.4) is 0 Å². The van der Waals surface area contributed by atoms with Crippen LogP contribution in [-0.2, 0) is 0 Å². The average molecular weight is 275 g/mol. The lowest BCUT2D eigenvalue weighted by atomic mass is 10.1. The Morgan fingerprint density at radius 1 is 1.00 bits per heavy atom. The zero-order chi connectivity index (χ0) is 14.5. The van der Waals surface area contributed by atoms with E-state index in [4.69, 9.17) is 9.47 Å². The summed E-state index contributed by atoms with van der Waals surface area (Å²) in [5.41, 5.74) is 1.93. The molecular formula is C16H18FNO2. The van der Waals surface area contributed by atoms with E-state index in [9.17, 15) is 4.39 Å². The van der Waals surface area contributed by atoms with E-state index in [0.29, 0.717) is 0 Å². The molecule has 0 aromatic heterocycles. The average Bonchev–Trinajstić information content (AvgIpc) is 2.48. The molecule has 0 heterocycles. The Labute approximate surface area is 118 Å². The second kappa shape index (κ2) is 6.28. The number of anilines is 1. The summed E-state index contributed by atoms with van der Waals surface area (Å²) < 4.78 is 23.5. The normalized spacial score (nSPS) is 11.8. The molecule has 1 atom stereocenters. The minimum atomic E-state index is -0.354. The minimum absolute atomic E-state index is 0.0397. The highest BCUT2D eigenvalue weighted by molar-refractivity contribution is 5.48. The van der Waals surface area contributed by atoms with E-state index < -0.39 is 0 Å². The molecule has 0 aliphatic rings. The molecule has 0 aliphatic heterocycles. The van der Waals surface area contributed by atoms with Crippen LogP contribution >= 0.6 is 0 Å². The zero-order valence-corrected chi connectivity index (χ0v) is 11.8. The second-order valence-electron chi connectivity index (χ2n) is 4.49. The van der Waals surface area contributed by atoms with Crippen molar-refractivity contribution in [1.29, 1.82) is 0 Å². The number of halogens is 1. The van der Waals surface area contributed by atoms with Crippen molar-refractivity contribution >= 4 is 5.69 Å². The van der Waals surface area contributed by atoms with Gasteiger partial charge in [-0.05, 0) is 48.9 Å². The number of rotatable bonds is 5. The van der Waals surface area contributed by atoms with Gasteiger partial charge in [0.2, 0.25) is 0 Å². The summed E-state index contributed by atoms with van der Waals surface area (Å²) in [5.74, 6) is 0.713. The predicted molar refractivity (Wildman–Crippen MR) is 78.0 cm³/mol. The summed E-state index contributed by atoms with van der Waals surface area (Å²) in [4.78, 5) is 0. The molecule has 0 bridgehead atoms. The van der Waals surface area contributed by atoms with Crippen molar-refractivity contribution in [3.63, 3.8) is 0 Å². The van der Waals surface area contributed by atoms with E-state index in [-0.39, 0.29) is 17.6 Å². The van der Waals surface area contributed by atoms with Gasteiger partial charge in [-0.2, -0.15) is 0 Å². The van der Waals surface area contributed by atoms with Gasteiger partial charge in [-0.25, -0.2) is 4.39 Å². The van der Waals surface area contributed by atoms with Crippen molar-refractivity contribution in [1.82, 2.24) is 0 Å². The number of hydrogen-bond donors (Lipinski definition) is 1. The van der Waals surface area contributed by atoms with Gasteiger partial charge in [0.15, 0.2) is 11.6 Å². The Morgan fingerprint density at radius 2 is 1.70 bits per heavy atom. The summed E-state index contributed by atoms with van der Waals surface area (Å²) in [6.07, 6.45) is 0. The maximum absolute atomic E-state index is 13.4. The summed E-state index contributed by atoms with van der Waals surface area (Å²) in [5, 5.41) is 3.35. The highest BCUT2D eigenvalue weighted by Crippen LogP contribution is 2.25. The van der Waals surface area contributed by atoms with Crippen LogP contribution < -0.4 is 14.8 Å². The molecule has 20 heavy (non-hydrogen) atoms. The van der Waals surface area contributed by atoms with E-state index in [1.54, 1.807) is 19.2 Å². The first-order valence-corrected chi connectivity index (χ1v) is 6.38. The summed E-state index contributed by atoms with van der Waals surface area (Å²) >= 11 is 0. The van der Waals surface area contributed by atoms with Crippen molar-refractivity contribution in [2.75, 3.05) is 19.5 Å². The number of hydrogen-bond acceptors (Lipinski definition) is 3. The highest BCUT2D eigenvalue weighted by atomic mass is 19.1. The standard InChI is InChI=1S/C16H18FNO2/c1-11(12-4-9-15(17)16(10-12)20-3)18-13-5-7-14(19-2)8-6-13/h4-11,18H,1-3H3. The predicted octanol–water partition coefficient (Wildman–Crippen LogP) is 4.02. The van der Waals surface area contributed by atoms with Crippen LogP contribution in [0.5, 0.6) is 11.5 Å². The third-order valence-corrected chi connectivity index (χ3v) is 3.15. The van der Waals surface area contributed by atoms with E-state index in [1.807, 2.05) is 31.2 Å². The van der Waals surface area contributed by atoms with Crippen molar-refractivity contribution in [2.45, 2.75) is 13.0 Å². The molecule has 1 N–H and O–H groups in total. The Kier molecular flexibility index (Phi) is 4.45. The molecule has 1 unspecified atom stereocenters. The first-order valence-electron chi connectivity index (χ1n) is 6.38. The molecule has 2 aromatic carbocycles. The number of ether oxygens (including phenoxy) is 2. The summed E-state index contributed by atoms with van der Waals surface area (Å²) in [6, 6.07) is 12.6. The first-order chi connectivity index (χ1) is 9.63. The molecular weight excluding hydrogens is 257 g/mol. The minimum Gasteiger partial charge on any atom is -0.497 e. The van der Waals surface area contributed by atoms with Crippen LogP contribution in [0.1, 0.15) is 18.5 Å². The Hall–Kier alpha value is -2.23. The smallest absolute Gasteiger partial charge is 0.165 e. The maximum Gasteiger partial charge on any atom is 0.165 e. The van der Waals surface area contributed by atoms with Crippen molar-refractivity contribution < 1.29 is 13.9 Å². The molecule has 0 saturated carbocycles. The molecule has 0 aliphatic carbocycles. The first kappa shape index (κ1) is 14.2. The monoisotopic (exact) mass is 275 g/mol. The van der Waals surface area contributed by atoms with Gasteiger partial charge in [-0.1, -0.05) is 6.07 Å². The molecule has 2 rings (SSSR count). The lowest BCUT2D eigenvalue weighted by molar-refractivity contribution is 0.385. The van der Waals surface area contributed by atoms with Crippen LogP contribution in [-0.4, -0.2) is 14.2 Å². The summed E-state index contributed by atoms with van der Waals surface area (Å²) in [6.45, 7) is 2.01. The highest BCUT2D eigenvalue weighted by Gasteiger charge is 2.09. The lowest BCUT2D eigenvalue weighted by Crippen LogP contribution is -2.07. The van der Waals surface area contributed by atoms with E-state index in [1.165, 1.54) is 13.2 Å². The Bertz CT molecular complexity index is 569. The Balaban J connectivity index is 2.12. The quantitative estimate of drug-likeness (QED) is 0.894. The third kappa shape index (κ3) is 3.20. The molecule has 2 aromatic rings. The molecule has 0 spiro atoms. The van der Waals surface area contributed by atoms with Crippen molar-refractivity contribution in [3.8, 4) is 11.5 Å². The molecule has 3 nitrogen and oxygen atoms in total. The van der Waals surface area contributed by atoms with Crippen LogP contribution in [0.25, 0.3) is 0 Å². The zero-order valence-electron chi connectivity index (χ0n) is 11.8. The van der Waals surface area contributed by atoms with Crippen molar-refractivity contribution in [3.05, 3.63) is 53.8 Å². The molecule has 0 fully saturated rings. The topological polar surface area (TPSA) is 30.5 Å². The van der Waals surface area contributed by atoms with E-state index >= 15 is 0 Å². The van der Waals surface area contributed by atoms with E-state index in [2.05, 4.69) is 5.32 Å². The third-order valence-electron chi connectivity index (χ3n) is 3.15. The van der Waals surface area contributed by atoms with Crippen LogP contribution in [0.2, 0.25) is 0 Å². The molecule has 0 saturated heterocycles. The van der Waals surface area contributed by atoms with Crippen molar-refractivity contribution in [2.24, 2.45) is 0 Å². The van der Waals surface area contributed by atoms with Crippen LogP contribution in [0.15, 0.2) is 42.5 Å². The largest absolute Gasteiger partial charge is 0.497 e. The van der Waals surface area contributed by atoms with Gasteiger partial charge in [0.05, 0.1) is 14.2 Å². The van der Waals surface area contributed by atoms with Gasteiger partial charge in [0, 0.05) is 11.7 Å². The molecule has 0 amide bonds. The maximum atomic E-state index is 13.4. The number of benzene rings is 2. The van der Waals surface area contributed by atoms with Gasteiger partial charge < -0.3 is 14.8 Å². The van der Waals surface area contributed by atoms with Gasteiger partial charge in [-0.3, -0.25) is 0 Å². The van der Waals surface area contributed by atoms with Gasteiger partial charge in [0.1, 0.15) is 5.75 Å². The van der Waals surface area contributed by atoms with Crippen LogP contribution in [0, 0.1) is 5.82 Å². The summed E-state index contributed by atoms with van der Waals surface area (Å²) in [7, 11) is 3.10. The molecule has 0 radical (unpaired) electrons. The van der Waals surface area contributed by atoms with Gasteiger partial charge in [-0.15, -0.1) is 0 Å². The van der Waals surface area contributed by atoms with Crippen LogP contribution in [0.4, 0.5) is 10.1 Å². The van der Waals surface area contributed by atoms with Gasteiger partial charge >= 0.3 is 0 Å². The lowest BCUT2D eigenvalue weighted by Gasteiger charge is -2.17. The fourth-order valence-electron chi connectivity index (χ4n) is 1.97. The number of nitrogens with one attached hydrogen (secondary N) is 1. The fourth-order valence-corrected chi connectivity index (χ4v) is 1.97. The van der Waals surface area contributed by atoms with Gasteiger partial charge in [0.25, 0.3) is 0 Å². The molecule has 4 heteroatoms. The van der Waals surface area contributed by atoms with E-state index in [0.717, 1.165) is 17.0 Å². The SMILES string of the molecule is COc1ccc(NC(C)c2ccc(F)c(OC)c2)cc1. The second-order valence-corrected chi connectivity index (χ2v) is 4.49.